The molecule has 6 nitrogen and oxygen atoms in total. The summed E-state index contributed by atoms with van der Waals surface area (Å²) in [4.78, 5) is 11.0. The molecule has 1 aliphatic heterocycles. The monoisotopic (exact) mass is 477 g/mol. The van der Waals surface area contributed by atoms with E-state index in [0.717, 1.165) is 36.2 Å². The first kappa shape index (κ1) is 19.6. The summed E-state index contributed by atoms with van der Waals surface area (Å²) < 4.78 is 7.50. The van der Waals surface area contributed by atoms with Gasteiger partial charge in [0.1, 0.15) is 0 Å². The van der Waals surface area contributed by atoms with Gasteiger partial charge in [-0.1, -0.05) is 36.4 Å². The molecule has 1 aromatic heterocycles. The number of imidazole rings is 1. The number of ether oxygens (including phenoxy) is 1. The van der Waals surface area contributed by atoms with Crippen molar-refractivity contribution in [1.82, 2.24) is 14.5 Å². The van der Waals surface area contributed by atoms with E-state index in [0.29, 0.717) is 25.7 Å². The molecule has 0 saturated carbocycles. The van der Waals surface area contributed by atoms with Gasteiger partial charge in [-0.05, 0) is 23.3 Å². The van der Waals surface area contributed by atoms with Gasteiger partial charge in [-0.3, -0.25) is 0 Å². The van der Waals surface area contributed by atoms with Crippen LogP contribution in [0.15, 0.2) is 59.9 Å². The summed E-state index contributed by atoms with van der Waals surface area (Å²) in [5.41, 5.74) is 10.6. The van der Waals surface area contributed by atoms with Gasteiger partial charge in [-0.25, -0.2) is 9.98 Å². The lowest BCUT2D eigenvalue weighted by Gasteiger charge is -2.27. The maximum Gasteiger partial charge on any atom is 0.191 e. The number of aromatic nitrogens is 2. The average Bonchev–Trinajstić information content (AvgIpc) is 3.11. The zero-order valence-electron chi connectivity index (χ0n) is 15.1. The fourth-order valence-electron chi connectivity index (χ4n) is 3.15. The fraction of sp³-hybridized carbons (Fsp3) is 0.300. The zero-order valence-corrected chi connectivity index (χ0v) is 17.5. The molecule has 0 spiro atoms. The molecule has 0 bridgehead atoms. The quantitative estimate of drug-likeness (QED) is 0.357. The Kier molecular flexibility index (Phi) is 6.68. The number of guanidine groups is 1. The number of nitrogens with zero attached hydrogens (tertiary/aromatic N) is 4. The highest BCUT2D eigenvalue weighted by molar-refractivity contribution is 14.0. The molecule has 2 heterocycles. The molecule has 142 valence electrons. The predicted molar refractivity (Wildman–Crippen MR) is 118 cm³/mol. The summed E-state index contributed by atoms with van der Waals surface area (Å²) in [7, 11) is 0. The zero-order chi connectivity index (χ0) is 17.8. The van der Waals surface area contributed by atoms with Crippen LogP contribution in [0.5, 0.6) is 0 Å². The Morgan fingerprint density at radius 2 is 1.74 bits per heavy atom. The number of benzene rings is 2. The van der Waals surface area contributed by atoms with Crippen LogP contribution in [0.3, 0.4) is 0 Å². The molecule has 0 aliphatic carbocycles. The highest BCUT2D eigenvalue weighted by Gasteiger charge is 2.11. The lowest BCUT2D eigenvalue weighted by molar-refractivity contribution is 0.0674. The van der Waals surface area contributed by atoms with Crippen molar-refractivity contribution < 1.29 is 4.74 Å². The first-order chi connectivity index (χ1) is 12.8. The Bertz CT molecular complexity index is 900. The molecule has 1 saturated heterocycles. The smallest absolute Gasteiger partial charge is 0.191 e. The number of fused-ring (bicyclic) bond motifs is 1. The molecule has 1 aliphatic rings. The molecule has 4 rings (SSSR count). The third-order valence-electron chi connectivity index (χ3n) is 4.66. The van der Waals surface area contributed by atoms with Gasteiger partial charge in [0.05, 0.1) is 37.1 Å². The van der Waals surface area contributed by atoms with Gasteiger partial charge in [0.25, 0.3) is 0 Å². The number of hydrogen-bond acceptors (Lipinski definition) is 3. The summed E-state index contributed by atoms with van der Waals surface area (Å²) >= 11 is 0. The van der Waals surface area contributed by atoms with Crippen LogP contribution < -0.4 is 5.73 Å². The first-order valence-electron chi connectivity index (χ1n) is 8.90. The summed E-state index contributed by atoms with van der Waals surface area (Å²) in [5.74, 6) is 0.599. The van der Waals surface area contributed by atoms with Gasteiger partial charge in [-0.15, -0.1) is 24.0 Å². The average molecular weight is 477 g/mol. The van der Waals surface area contributed by atoms with Crippen LogP contribution in [0, 0.1) is 0 Å². The molecule has 0 atom stereocenters. The third-order valence-corrected chi connectivity index (χ3v) is 4.66. The van der Waals surface area contributed by atoms with Crippen molar-refractivity contribution in [2.75, 3.05) is 26.3 Å². The maximum atomic E-state index is 6.08. The molecule has 0 amide bonds. The minimum absolute atomic E-state index is 0. The minimum Gasteiger partial charge on any atom is -0.378 e. The first-order valence-corrected chi connectivity index (χ1v) is 8.90. The normalized spacial score (nSPS) is 15.0. The second-order valence-corrected chi connectivity index (χ2v) is 6.45. The number of aliphatic imine (C=N–C) groups is 1. The number of morpholine rings is 1. The summed E-state index contributed by atoms with van der Waals surface area (Å²) in [5, 5.41) is 0. The maximum absolute atomic E-state index is 6.08. The molecule has 27 heavy (non-hydrogen) atoms. The lowest BCUT2D eigenvalue weighted by atomic mass is 10.1. The van der Waals surface area contributed by atoms with Gasteiger partial charge in [0.2, 0.25) is 0 Å². The van der Waals surface area contributed by atoms with E-state index in [4.69, 9.17) is 10.5 Å². The molecule has 0 unspecified atom stereocenters. The number of halogens is 1. The fourth-order valence-corrected chi connectivity index (χ4v) is 3.15. The van der Waals surface area contributed by atoms with Crippen LogP contribution in [-0.2, 0) is 17.8 Å². The number of rotatable bonds is 4. The minimum atomic E-state index is 0. The SMILES string of the molecule is I.NC(=NCc1ccc(Cn2cnc3ccccc32)cc1)N1CCOCC1. The number of nitrogens with two attached hydrogens (primary N) is 1. The van der Waals surface area contributed by atoms with E-state index in [-0.39, 0.29) is 24.0 Å². The van der Waals surface area contributed by atoms with Crippen LogP contribution in [0.1, 0.15) is 11.1 Å². The van der Waals surface area contributed by atoms with Crippen molar-refractivity contribution in [2.24, 2.45) is 10.7 Å². The topological polar surface area (TPSA) is 68.7 Å². The van der Waals surface area contributed by atoms with E-state index in [1.165, 1.54) is 5.56 Å². The molecule has 3 aromatic rings. The van der Waals surface area contributed by atoms with Gasteiger partial charge in [0, 0.05) is 19.6 Å². The summed E-state index contributed by atoms with van der Waals surface area (Å²) in [6.45, 7) is 4.46. The van der Waals surface area contributed by atoms with E-state index in [9.17, 15) is 0 Å². The molecule has 2 N–H and O–H groups in total. The molecular formula is C20H24IN5O. The molecule has 2 aromatic carbocycles. The highest BCUT2D eigenvalue weighted by Crippen LogP contribution is 2.15. The third kappa shape index (κ3) is 4.78. The Morgan fingerprint density at radius 1 is 1.04 bits per heavy atom. The van der Waals surface area contributed by atoms with Crippen molar-refractivity contribution in [3.05, 3.63) is 66.0 Å². The van der Waals surface area contributed by atoms with Gasteiger partial charge in [0.15, 0.2) is 5.96 Å². The van der Waals surface area contributed by atoms with Gasteiger partial charge in [-0.2, -0.15) is 0 Å². The largest absolute Gasteiger partial charge is 0.378 e. The van der Waals surface area contributed by atoms with E-state index >= 15 is 0 Å². The second kappa shape index (κ2) is 9.18. The summed E-state index contributed by atoms with van der Waals surface area (Å²) in [6.07, 6.45) is 1.89. The Morgan fingerprint density at radius 3 is 2.52 bits per heavy atom. The number of para-hydroxylation sites is 2. The van der Waals surface area contributed by atoms with Gasteiger partial charge >= 0.3 is 0 Å². The van der Waals surface area contributed by atoms with Crippen molar-refractivity contribution in [2.45, 2.75) is 13.1 Å². The van der Waals surface area contributed by atoms with E-state index in [1.54, 1.807) is 0 Å². The van der Waals surface area contributed by atoms with E-state index in [2.05, 4.69) is 49.8 Å². The van der Waals surface area contributed by atoms with Crippen LogP contribution in [0.4, 0.5) is 0 Å². The van der Waals surface area contributed by atoms with Crippen molar-refractivity contribution in [1.29, 1.82) is 0 Å². The highest BCUT2D eigenvalue weighted by atomic mass is 127. The molecule has 1 fully saturated rings. The Balaban J connectivity index is 0.00000210. The van der Waals surface area contributed by atoms with E-state index < -0.39 is 0 Å². The van der Waals surface area contributed by atoms with Crippen LogP contribution in [0.25, 0.3) is 11.0 Å². The van der Waals surface area contributed by atoms with Crippen LogP contribution >= 0.6 is 24.0 Å². The summed E-state index contributed by atoms with van der Waals surface area (Å²) in [6, 6.07) is 16.7. The molecular weight excluding hydrogens is 453 g/mol. The van der Waals surface area contributed by atoms with Crippen molar-refractivity contribution in [3.63, 3.8) is 0 Å². The lowest BCUT2D eigenvalue weighted by Crippen LogP contribution is -2.44. The molecule has 0 radical (unpaired) electrons. The predicted octanol–water partition coefficient (Wildman–Crippen LogP) is 2.85. The van der Waals surface area contributed by atoms with Crippen LogP contribution in [0.2, 0.25) is 0 Å². The standard InChI is InChI=1S/C20H23N5O.HI/c21-20(24-9-11-26-12-10-24)22-13-16-5-7-17(8-6-16)14-25-15-23-18-3-1-2-4-19(18)25;/h1-8,15H,9-14H2,(H2,21,22);1H. The van der Waals surface area contributed by atoms with Crippen molar-refractivity contribution >= 4 is 41.0 Å². The molecule has 7 heteroatoms. The second-order valence-electron chi connectivity index (χ2n) is 6.45. The van der Waals surface area contributed by atoms with Crippen LogP contribution in [-0.4, -0.2) is 46.7 Å². The Hall–Kier alpha value is -2.13. The van der Waals surface area contributed by atoms with E-state index in [1.807, 2.05) is 24.5 Å². The van der Waals surface area contributed by atoms with Crippen molar-refractivity contribution in [3.8, 4) is 0 Å². The van der Waals surface area contributed by atoms with Gasteiger partial charge < -0.3 is 19.9 Å². The Labute approximate surface area is 176 Å². The number of hydrogen-bond donors (Lipinski definition) is 1.